The first kappa shape index (κ1) is 19.1. The Balaban J connectivity index is 0.00000361. The van der Waals surface area contributed by atoms with Gasteiger partial charge in [-0.1, -0.05) is 6.92 Å². The number of hydrogen-bond donors (Lipinski definition) is 2. The van der Waals surface area contributed by atoms with E-state index in [-0.39, 0.29) is 18.3 Å². The van der Waals surface area contributed by atoms with Gasteiger partial charge in [-0.25, -0.2) is 0 Å². The Bertz CT molecular complexity index is 374. The molecule has 0 heterocycles. The number of benzene rings is 1. The maximum absolute atomic E-state index is 11.6. The topological polar surface area (TPSA) is 50.4 Å². The van der Waals surface area contributed by atoms with E-state index < -0.39 is 0 Å². The minimum Gasteiger partial charge on any atom is -0.497 e. The predicted molar refractivity (Wildman–Crippen MR) is 87.1 cm³/mol. The van der Waals surface area contributed by atoms with Gasteiger partial charge < -0.3 is 15.4 Å². The van der Waals surface area contributed by atoms with Crippen molar-refractivity contribution in [2.75, 3.05) is 32.5 Å². The van der Waals surface area contributed by atoms with Gasteiger partial charge in [0.15, 0.2) is 0 Å². The van der Waals surface area contributed by atoms with Crippen LogP contribution in [0.4, 0.5) is 0 Å². The summed E-state index contributed by atoms with van der Waals surface area (Å²) in [5.74, 6) is 1.34. The standard InChI is InChI=1S/C14H22N2O2S.ClH/c1-3-8-15-9-10-16-14(17)11-19-13-6-4-12(18-2)5-7-13;/h4-7,15H,3,8-11H2,1-2H3,(H,16,17);1H. The monoisotopic (exact) mass is 318 g/mol. The molecule has 2 N–H and O–H groups in total. The van der Waals surface area contributed by atoms with E-state index in [4.69, 9.17) is 4.74 Å². The van der Waals surface area contributed by atoms with Gasteiger partial charge >= 0.3 is 0 Å². The van der Waals surface area contributed by atoms with E-state index in [1.807, 2.05) is 24.3 Å². The zero-order valence-corrected chi connectivity index (χ0v) is 13.6. The number of carbonyl (C=O) groups excluding carboxylic acids is 1. The number of nitrogens with one attached hydrogen (secondary N) is 2. The van der Waals surface area contributed by atoms with Gasteiger partial charge in [-0.05, 0) is 37.2 Å². The second-order valence-corrected chi connectivity index (χ2v) is 5.11. The number of carbonyl (C=O) groups is 1. The highest BCUT2D eigenvalue weighted by Crippen LogP contribution is 2.20. The smallest absolute Gasteiger partial charge is 0.230 e. The second-order valence-electron chi connectivity index (χ2n) is 4.06. The summed E-state index contributed by atoms with van der Waals surface area (Å²) in [6.45, 7) is 4.63. The van der Waals surface area contributed by atoms with Gasteiger partial charge in [-0.15, -0.1) is 24.2 Å². The molecule has 0 aliphatic carbocycles. The summed E-state index contributed by atoms with van der Waals surface area (Å²) < 4.78 is 5.08. The lowest BCUT2D eigenvalue weighted by Gasteiger charge is -2.06. The Morgan fingerprint density at radius 3 is 2.50 bits per heavy atom. The number of ether oxygens (including phenoxy) is 1. The molecule has 0 aromatic heterocycles. The summed E-state index contributed by atoms with van der Waals surface area (Å²) in [7, 11) is 1.64. The van der Waals surface area contributed by atoms with Crippen LogP contribution < -0.4 is 15.4 Å². The van der Waals surface area contributed by atoms with Crippen molar-refractivity contribution in [1.82, 2.24) is 10.6 Å². The fraction of sp³-hybridized carbons (Fsp3) is 0.500. The molecule has 4 nitrogen and oxygen atoms in total. The second kappa shape index (κ2) is 11.9. The first-order valence-corrected chi connectivity index (χ1v) is 7.49. The van der Waals surface area contributed by atoms with Crippen molar-refractivity contribution in [1.29, 1.82) is 0 Å². The maximum atomic E-state index is 11.6. The summed E-state index contributed by atoms with van der Waals surface area (Å²) in [6, 6.07) is 7.71. The summed E-state index contributed by atoms with van der Waals surface area (Å²) in [5.41, 5.74) is 0. The Kier molecular flexibility index (Phi) is 11.3. The fourth-order valence-corrected chi connectivity index (χ4v) is 2.19. The summed E-state index contributed by atoms with van der Waals surface area (Å²) in [6.07, 6.45) is 1.11. The molecule has 0 atom stereocenters. The van der Waals surface area contributed by atoms with Gasteiger partial charge in [-0.3, -0.25) is 4.79 Å². The number of thioether (sulfide) groups is 1. The number of rotatable bonds is 9. The Hall–Kier alpha value is -0.910. The van der Waals surface area contributed by atoms with E-state index in [9.17, 15) is 4.79 Å². The first-order chi connectivity index (χ1) is 9.26. The molecule has 0 saturated carbocycles. The van der Waals surface area contributed by atoms with Crippen LogP contribution in [0.25, 0.3) is 0 Å². The van der Waals surface area contributed by atoms with Gasteiger partial charge in [0.05, 0.1) is 12.9 Å². The van der Waals surface area contributed by atoms with Crippen LogP contribution in [-0.2, 0) is 4.79 Å². The molecule has 0 saturated heterocycles. The third-order valence-electron chi connectivity index (χ3n) is 2.48. The first-order valence-electron chi connectivity index (χ1n) is 6.50. The molecule has 0 unspecified atom stereocenters. The molecule has 1 aromatic carbocycles. The summed E-state index contributed by atoms with van der Waals surface area (Å²) in [4.78, 5) is 12.7. The third-order valence-corrected chi connectivity index (χ3v) is 3.49. The van der Waals surface area contributed by atoms with Gasteiger partial charge in [-0.2, -0.15) is 0 Å². The molecular formula is C14H23ClN2O2S. The van der Waals surface area contributed by atoms with E-state index in [1.54, 1.807) is 7.11 Å². The van der Waals surface area contributed by atoms with E-state index in [0.29, 0.717) is 12.3 Å². The molecule has 1 rings (SSSR count). The molecule has 1 amide bonds. The highest BCUT2D eigenvalue weighted by molar-refractivity contribution is 8.00. The molecule has 6 heteroatoms. The van der Waals surface area contributed by atoms with Crippen LogP contribution >= 0.6 is 24.2 Å². The molecule has 0 spiro atoms. The van der Waals surface area contributed by atoms with Crippen LogP contribution in [0, 0.1) is 0 Å². The van der Waals surface area contributed by atoms with Gasteiger partial charge in [0.1, 0.15) is 5.75 Å². The summed E-state index contributed by atoms with van der Waals surface area (Å²) in [5, 5.41) is 6.13. The lowest BCUT2D eigenvalue weighted by atomic mass is 10.3. The van der Waals surface area contributed by atoms with E-state index in [2.05, 4.69) is 17.6 Å². The van der Waals surface area contributed by atoms with Crippen molar-refractivity contribution in [3.63, 3.8) is 0 Å². The highest BCUT2D eigenvalue weighted by Gasteiger charge is 2.02. The molecule has 0 aliphatic rings. The minimum atomic E-state index is 0. The zero-order valence-electron chi connectivity index (χ0n) is 12.0. The van der Waals surface area contributed by atoms with Crippen molar-refractivity contribution in [2.24, 2.45) is 0 Å². The molecular weight excluding hydrogens is 296 g/mol. The van der Waals surface area contributed by atoms with Crippen molar-refractivity contribution in [3.8, 4) is 5.75 Å². The van der Waals surface area contributed by atoms with Crippen molar-refractivity contribution < 1.29 is 9.53 Å². The Labute approximate surface area is 131 Å². The normalized spacial score (nSPS) is 9.70. The number of hydrogen-bond acceptors (Lipinski definition) is 4. The predicted octanol–water partition coefficient (Wildman–Crippen LogP) is 2.32. The Morgan fingerprint density at radius 2 is 1.90 bits per heavy atom. The molecule has 0 bridgehead atoms. The van der Waals surface area contributed by atoms with E-state index in [1.165, 1.54) is 11.8 Å². The average molecular weight is 319 g/mol. The molecule has 1 aromatic rings. The summed E-state index contributed by atoms with van der Waals surface area (Å²) >= 11 is 1.53. The van der Waals surface area contributed by atoms with Crippen LogP contribution in [0.2, 0.25) is 0 Å². The van der Waals surface area contributed by atoms with Crippen LogP contribution in [0.15, 0.2) is 29.2 Å². The maximum Gasteiger partial charge on any atom is 0.230 e. The molecule has 0 aliphatic heterocycles. The molecule has 0 radical (unpaired) electrons. The van der Waals surface area contributed by atoms with Crippen molar-refractivity contribution >= 4 is 30.1 Å². The largest absolute Gasteiger partial charge is 0.497 e. The van der Waals surface area contributed by atoms with Crippen LogP contribution in [0.3, 0.4) is 0 Å². The van der Waals surface area contributed by atoms with Gasteiger partial charge in [0, 0.05) is 18.0 Å². The molecule has 0 fully saturated rings. The van der Waals surface area contributed by atoms with E-state index >= 15 is 0 Å². The number of amides is 1. The van der Waals surface area contributed by atoms with Crippen LogP contribution in [-0.4, -0.2) is 38.4 Å². The molecule has 114 valence electrons. The fourth-order valence-electron chi connectivity index (χ4n) is 1.46. The van der Waals surface area contributed by atoms with Gasteiger partial charge in [0.25, 0.3) is 0 Å². The minimum absolute atomic E-state index is 0. The van der Waals surface area contributed by atoms with Crippen molar-refractivity contribution in [3.05, 3.63) is 24.3 Å². The van der Waals surface area contributed by atoms with Crippen molar-refractivity contribution in [2.45, 2.75) is 18.2 Å². The van der Waals surface area contributed by atoms with E-state index in [0.717, 1.165) is 30.2 Å². The van der Waals surface area contributed by atoms with Crippen LogP contribution in [0.1, 0.15) is 13.3 Å². The number of halogens is 1. The lowest BCUT2D eigenvalue weighted by Crippen LogP contribution is -2.33. The average Bonchev–Trinajstić information content (AvgIpc) is 2.45. The lowest BCUT2D eigenvalue weighted by molar-refractivity contribution is -0.118. The van der Waals surface area contributed by atoms with Crippen LogP contribution in [0.5, 0.6) is 5.75 Å². The number of methoxy groups -OCH3 is 1. The Morgan fingerprint density at radius 1 is 1.20 bits per heavy atom. The quantitative estimate of drug-likeness (QED) is 0.542. The van der Waals surface area contributed by atoms with Gasteiger partial charge in [0.2, 0.25) is 5.91 Å². The molecule has 20 heavy (non-hydrogen) atoms. The highest BCUT2D eigenvalue weighted by atomic mass is 35.5. The SMILES string of the molecule is CCCNCCNC(=O)CSc1ccc(OC)cc1.Cl. The zero-order chi connectivity index (χ0) is 13.9. The third kappa shape index (κ3) is 8.30.